The number of ether oxygens (including phenoxy) is 9. The van der Waals surface area contributed by atoms with Gasteiger partial charge in [-0.25, -0.2) is 24.9 Å². The quantitative estimate of drug-likeness (QED) is 0.190. The minimum atomic E-state index is -2.13. The summed E-state index contributed by atoms with van der Waals surface area (Å²) in [7, 11) is 0. The Morgan fingerprint density at radius 2 is 1.48 bits per heavy atom. The first kappa shape index (κ1) is 39.3. The zero-order valence-corrected chi connectivity index (χ0v) is 36.6. The zero-order chi connectivity index (χ0) is 45.6. The lowest BCUT2D eigenvalue weighted by atomic mass is 9.86. The van der Waals surface area contributed by atoms with Gasteiger partial charge in [-0.3, -0.25) is 14.7 Å². The highest BCUT2D eigenvalue weighted by molar-refractivity contribution is 7.12. The normalized spacial score (nSPS) is 17.6. The van der Waals surface area contributed by atoms with E-state index in [-0.39, 0.29) is 47.6 Å². The predicted molar refractivity (Wildman–Crippen MR) is 243 cm³/mol. The van der Waals surface area contributed by atoms with Crippen molar-refractivity contribution in [3.05, 3.63) is 103 Å². The van der Waals surface area contributed by atoms with Crippen LogP contribution in [0.25, 0.3) is 55.2 Å². The van der Waals surface area contributed by atoms with Crippen LogP contribution < -0.4 is 47.5 Å². The van der Waals surface area contributed by atoms with Crippen LogP contribution in [0.2, 0.25) is 0 Å². The molecule has 5 aliphatic heterocycles. The molecule has 5 aliphatic rings. The van der Waals surface area contributed by atoms with Gasteiger partial charge in [0.1, 0.15) is 81.1 Å². The molecule has 20 nitrogen and oxygen atoms in total. The summed E-state index contributed by atoms with van der Waals surface area (Å²) in [5.74, 6) is 2.47. The van der Waals surface area contributed by atoms with Crippen LogP contribution >= 0.6 is 11.5 Å². The summed E-state index contributed by atoms with van der Waals surface area (Å²) in [4.78, 5) is 50.9. The van der Waals surface area contributed by atoms with Crippen LogP contribution in [0, 0.1) is 6.07 Å². The Labute approximate surface area is 392 Å². The van der Waals surface area contributed by atoms with Gasteiger partial charge in [0.25, 0.3) is 23.3 Å². The fourth-order valence-corrected chi connectivity index (χ4v) is 9.48. The number of hydrogen-bond acceptors (Lipinski definition) is 19. The van der Waals surface area contributed by atoms with Crippen molar-refractivity contribution in [3.63, 3.8) is 0 Å². The van der Waals surface area contributed by atoms with Crippen LogP contribution in [0.15, 0.2) is 85.5 Å². The highest BCUT2D eigenvalue weighted by Gasteiger charge is 2.56. The van der Waals surface area contributed by atoms with Gasteiger partial charge in [-0.05, 0) is 48.5 Å². The first-order valence-electron chi connectivity index (χ1n) is 21.8. The molecule has 0 saturated carbocycles. The van der Waals surface area contributed by atoms with Gasteiger partial charge in [0.05, 0.1) is 23.3 Å². The van der Waals surface area contributed by atoms with Crippen molar-refractivity contribution in [1.82, 2.24) is 44.5 Å². The third-order valence-corrected chi connectivity index (χ3v) is 12.7. The number of hydrogen-bond donors (Lipinski definition) is 1. The van der Waals surface area contributed by atoms with Crippen molar-refractivity contribution in [3.8, 4) is 85.9 Å². The number of aromatic amines is 1. The van der Waals surface area contributed by atoms with Gasteiger partial charge < -0.3 is 47.6 Å². The van der Waals surface area contributed by atoms with Crippen molar-refractivity contribution < 1.29 is 47.4 Å². The van der Waals surface area contributed by atoms with E-state index in [2.05, 4.69) is 30.6 Å². The predicted octanol–water partition coefficient (Wildman–Crippen LogP) is 6.43. The molecule has 1 N–H and O–H groups in total. The third-order valence-electron chi connectivity index (χ3n) is 12.1. The van der Waals surface area contributed by atoms with Crippen LogP contribution in [0.4, 0.5) is 11.4 Å². The molecular formula is C48H31N10O10S. The molecule has 1 amide bonds. The van der Waals surface area contributed by atoms with E-state index in [0.717, 1.165) is 16.9 Å². The first-order valence-corrected chi connectivity index (χ1v) is 22.6. The van der Waals surface area contributed by atoms with E-state index in [1.54, 1.807) is 55.0 Å². The maximum Gasteiger partial charge on any atom is 0.287 e. The summed E-state index contributed by atoms with van der Waals surface area (Å²) in [6.07, 6.45) is 6.40. The Kier molecular flexibility index (Phi) is 8.75. The maximum atomic E-state index is 16.4. The van der Waals surface area contributed by atoms with Crippen molar-refractivity contribution in [2.24, 2.45) is 0 Å². The third kappa shape index (κ3) is 6.30. The maximum absolute atomic E-state index is 16.4. The number of aromatic nitrogens is 9. The smallest absolute Gasteiger partial charge is 0.287 e. The van der Waals surface area contributed by atoms with Crippen molar-refractivity contribution >= 4 is 50.2 Å². The summed E-state index contributed by atoms with van der Waals surface area (Å²) in [5.41, 5.74) is 2.71. The number of benzene rings is 1. The van der Waals surface area contributed by atoms with Crippen molar-refractivity contribution in [2.75, 3.05) is 57.8 Å². The molecule has 21 heteroatoms. The zero-order valence-electron chi connectivity index (χ0n) is 35.8. The van der Waals surface area contributed by atoms with Gasteiger partial charge in [0, 0.05) is 76.0 Å². The lowest BCUT2D eigenvalue weighted by Crippen LogP contribution is -2.54. The second-order valence-corrected chi connectivity index (χ2v) is 16.9. The van der Waals surface area contributed by atoms with E-state index in [4.69, 9.17) is 62.6 Å². The van der Waals surface area contributed by atoms with E-state index >= 15 is 4.79 Å². The monoisotopic (exact) mass is 939 g/mol. The van der Waals surface area contributed by atoms with E-state index in [1.807, 2.05) is 24.3 Å². The Balaban J connectivity index is 1.06. The van der Waals surface area contributed by atoms with Gasteiger partial charge >= 0.3 is 0 Å². The second-order valence-electron chi connectivity index (χ2n) is 16.1. The molecule has 9 aromatic rings. The van der Waals surface area contributed by atoms with E-state index in [9.17, 15) is 0 Å². The van der Waals surface area contributed by atoms with E-state index < -0.39 is 11.5 Å². The summed E-state index contributed by atoms with van der Waals surface area (Å²) >= 11 is 1.12. The van der Waals surface area contributed by atoms with Crippen LogP contribution in [-0.4, -0.2) is 103 Å². The average molecular weight is 940 g/mol. The number of rotatable bonds is 6. The molecule has 8 aromatic heterocycles. The topological polar surface area (TPSA) is 222 Å². The molecule has 1 unspecified atom stereocenters. The highest BCUT2D eigenvalue weighted by atomic mass is 32.1. The molecule has 69 heavy (non-hydrogen) atoms. The Morgan fingerprint density at radius 3 is 2.36 bits per heavy atom. The molecule has 1 radical (unpaired) electrons. The molecule has 339 valence electrons. The number of H-pyrrole nitrogens is 1. The molecule has 0 saturated heterocycles. The number of nitrogens with one attached hydrogen (secondary N) is 1. The van der Waals surface area contributed by atoms with Gasteiger partial charge in [-0.1, -0.05) is 4.49 Å². The number of fused-ring (bicyclic) bond motifs is 7. The van der Waals surface area contributed by atoms with Gasteiger partial charge in [-0.15, -0.1) is 5.10 Å². The minimum Gasteiger partial charge on any atom is -0.486 e. The van der Waals surface area contributed by atoms with Crippen LogP contribution in [-0.2, 0) is 10.4 Å². The van der Waals surface area contributed by atoms with E-state index in [1.165, 1.54) is 11.1 Å². The number of pyridine rings is 6. The number of carbonyl (C=O) groups excluding carboxylic acids is 1. The fraction of sp³-hybridized carbons (Fsp3) is 0.188. The molecule has 0 spiro atoms. The van der Waals surface area contributed by atoms with E-state index in [0.29, 0.717) is 130 Å². The van der Waals surface area contributed by atoms with Crippen molar-refractivity contribution in [2.45, 2.75) is 5.60 Å². The van der Waals surface area contributed by atoms with Gasteiger partial charge in [0.2, 0.25) is 5.88 Å². The molecule has 0 aliphatic carbocycles. The lowest BCUT2D eigenvalue weighted by Gasteiger charge is -2.42. The largest absolute Gasteiger partial charge is 0.486 e. The van der Waals surface area contributed by atoms with Gasteiger partial charge in [-0.2, -0.15) is 0 Å². The minimum absolute atomic E-state index is 0.0237. The van der Waals surface area contributed by atoms with Crippen LogP contribution in [0.1, 0.15) is 11.3 Å². The summed E-state index contributed by atoms with van der Waals surface area (Å²) in [6.45, 7) is 2.47. The second kappa shape index (κ2) is 15.3. The number of amides is 1. The fourth-order valence-electron chi connectivity index (χ4n) is 8.98. The standard InChI is InChI=1S/C48H31N10O10S/c59-47-48(26-16-33-46(52-22-26)69-57-56-33,39-20-36-38(23-50-39)64-9-8-62-36)68-44-40(58(47)27-3-4-34-35(17-27)61-7-6-60-34)28(25-15-37-43(51-21-25)66-12-10-63-37)18-31(54-44)32-19-29(41-45(55-32)67-13-11-65-41)30-14-24-2-1-5-49-42(24)53-30/h1-5,14-17,19-23H,6-13H2,(H,49,53). The molecular weight excluding hydrogens is 909 g/mol. The Bertz CT molecular complexity index is 3570. The van der Waals surface area contributed by atoms with Crippen LogP contribution in [0.5, 0.6) is 52.1 Å². The molecule has 1 atom stereocenters. The summed E-state index contributed by atoms with van der Waals surface area (Å²) in [5, 5.41) is 5.23. The summed E-state index contributed by atoms with van der Waals surface area (Å²) in [6, 6.07) is 21.6. The van der Waals surface area contributed by atoms with Crippen molar-refractivity contribution in [1.29, 1.82) is 0 Å². The molecule has 0 bridgehead atoms. The lowest BCUT2D eigenvalue weighted by molar-refractivity contribution is -0.132. The first-order chi connectivity index (χ1) is 34.0. The number of carbonyl (C=O) groups is 1. The molecule has 1 aromatic carbocycles. The average Bonchev–Trinajstić information content (AvgIpc) is 4.07. The summed E-state index contributed by atoms with van der Waals surface area (Å²) < 4.78 is 59.7. The molecule has 13 heterocycles. The Morgan fingerprint density at radius 1 is 0.681 bits per heavy atom. The molecule has 14 rings (SSSR count). The molecule has 0 fully saturated rings. The highest BCUT2D eigenvalue weighted by Crippen LogP contribution is 2.54. The Hall–Kier alpha value is -8.85. The number of anilines is 2. The van der Waals surface area contributed by atoms with Crippen LogP contribution in [0.3, 0.4) is 0 Å². The SMILES string of the molecule is O=C1N(c2ccc3c(c2)OCCO3)c2c(-c3cnc4c(c3)OCCO4)[c]c(-c3cc(-c4cc5cccnc5[nH]4)c4c(n3)OCCO4)nc2OC1(c1cnc2snnc2c1)c1cc2c(cn1)OCCO2. The van der Waals surface area contributed by atoms with Gasteiger partial charge in [0.15, 0.2) is 39.3 Å². The number of nitrogens with zero attached hydrogens (tertiary/aromatic N) is 9.